The van der Waals surface area contributed by atoms with Crippen molar-refractivity contribution in [2.75, 3.05) is 0 Å². The molecule has 2 heteroatoms. The Balaban J connectivity index is 2.60. The van der Waals surface area contributed by atoms with Crippen molar-refractivity contribution in [3.8, 4) is 0 Å². The number of hydrogen-bond donors (Lipinski definition) is 1. The van der Waals surface area contributed by atoms with Crippen LogP contribution >= 0.6 is 0 Å². The molecule has 0 saturated carbocycles. The standard InChI is InChI=1S/C14H15NO/c1-4-13-8-10-5-6-12(14(2,3)16)7-11(10)9-15-13/h4-9,16H,1H2,2-3H3. The zero-order chi connectivity index (χ0) is 11.8. The number of aliphatic hydroxyl groups is 1. The summed E-state index contributed by atoms with van der Waals surface area (Å²) in [5, 5.41) is 12.1. The van der Waals surface area contributed by atoms with E-state index >= 15 is 0 Å². The Bertz CT molecular complexity index is 538. The van der Waals surface area contributed by atoms with Crippen molar-refractivity contribution in [1.82, 2.24) is 4.98 Å². The van der Waals surface area contributed by atoms with Crippen molar-refractivity contribution >= 4 is 16.8 Å². The average molecular weight is 213 g/mol. The number of pyridine rings is 1. The minimum absolute atomic E-state index is 0.814. The lowest BCUT2D eigenvalue weighted by atomic mass is 9.96. The van der Waals surface area contributed by atoms with E-state index in [-0.39, 0.29) is 0 Å². The molecule has 0 saturated heterocycles. The predicted octanol–water partition coefficient (Wildman–Crippen LogP) is 3.11. The second-order valence-electron chi connectivity index (χ2n) is 4.43. The summed E-state index contributed by atoms with van der Waals surface area (Å²) in [6.07, 6.45) is 3.53. The molecule has 1 heterocycles. The second kappa shape index (κ2) is 3.72. The highest BCUT2D eigenvalue weighted by Gasteiger charge is 2.15. The summed E-state index contributed by atoms with van der Waals surface area (Å²) < 4.78 is 0. The molecular weight excluding hydrogens is 198 g/mol. The van der Waals surface area contributed by atoms with Crippen LogP contribution in [0.2, 0.25) is 0 Å². The number of rotatable bonds is 2. The van der Waals surface area contributed by atoms with Gasteiger partial charge in [0.2, 0.25) is 0 Å². The first-order valence-corrected chi connectivity index (χ1v) is 5.26. The van der Waals surface area contributed by atoms with Crippen LogP contribution in [-0.4, -0.2) is 10.1 Å². The van der Waals surface area contributed by atoms with Gasteiger partial charge in [0.05, 0.1) is 11.3 Å². The summed E-state index contributed by atoms with van der Waals surface area (Å²) in [7, 11) is 0. The Hall–Kier alpha value is -1.67. The van der Waals surface area contributed by atoms with E-state index in [0.717, 1.165) is 22.0 Å². The Labute approximate surface area is 95.3 Å². The third kappa shape index (κ3) is 1.97. The Morgan fingerprint density at radius 3 is 2.62 bits per heavy atom. The summed E-state index contributed by atoms with van der Waals surface area (Å²) >= 11 is 0. The van der Waals surface area contributed by atoms with Crippen molar-refractivity contribution in [2.24, 2.45) is 0 Å². The van der Waals surface area contributed by atoms with Gasteiger partial charge in [0.15, 0.2) is 0 Å². The first kappa shape index (κ1) is 10.8. The van der Waals surface area contributed by atoms with Gasteiger partial charge >= 0.3 is 0 Å². The fraction of sp³-hybridized carbons (Fsp3) is 0.214. The van der Waals surface area contributed by atoms with Gasteiger partial charge in [0, 0.05) is 11.6 Å². The van der Waals surface area contributed by atoms with Crippen LogP contribution in [0.3, 0.4) is 0 Å². The molecule has 0 amide bonds. The van der Waals surface area contributed by atoms with Gasteiger partial charge in [0.25, 0.3) is 0 Å². The van der Waals surface area contributed by atoms with E-state index in [1.807, 2.05) is 30.5 Å². The second-order valence-corrected chi connectivity index (χ2v) is 4.43. The van der Waals surface area contributed by atoms with E-state index in [9.17, 15) is 5.11 Å². The van der Waals surface area contributed by atoms with Gasteiger partial charge in [-0.1, -0.05) is 18.7 Å². The van der Waals surface area contributed by atoms with Crippen LogP contribution in [0.4, 0.5) is 0 Å². The summed E-state index contributed by atoms with van der Waals surface area (Å²) in [4.78, 5) is 4.25. The lowest BCUT2D eigenvalue weighted by Crippen LogP contribution is -2.15. The van der Waals surface area contributed by atoms with Crippen LogP contribution < -0.4 is 0 Å². The molecule has 0 spiro atoms. The lowest BCUT2D eigenvalue weighted by molar-refractivity contribution is 0.0787. The molecular formula is C14H15NO. The van der Waals surface area contributed by atoms with Crippen LogP contribution in [0.1, 0.15) is 25.1 Å². The molecule has 0 aliphatic heterocycles. The molecule has 82 valence electrons. The Morgan fingerprint density at radius 2 is 2.00 bits per heavy atom. The molecule has 0 aliphatic rings. The Kier molecular flexibility index (Phi) is 2.52. The van der Waals surface area contributed by atoms with E-state index in [1.165, 1.54) is 0 Å². The highest BCUT2D eigenvalue weighted by atomic mass is 16.3. The average Bonchev–Trinajstić information content (AvgIpc) is 2.26. The monoisotopic (exact) mass is 213 g/mol. The zero-order valence-electron chi connectivity index (χ0n) is 9.57. The minimum atomic E-state index is -0.814. The SMILES string of the molecule is C=Cc1cc2ccc(C(C)(C)O)cc2cn1. The van der Waals surface area contributed by atoms with Gasteiger partial charge in [-0.25, -0.2) is 0 Å². The topological polar surface area (TPSA) is 33.1 Å². The van der Waals surface area contributed by atoms with Crippen LogP contribution in [0.15, 0.2) is 37.0 Å². The minimum Gasteiger partial charge on any atom is -0.386 e. The van der Waals surface area contributed by atoms with Crippen LogP contribution in [0.5, 0.6) is 0 Å². The first-order valence-electron chi connectivity index (χ1n) is 5.26. The van der Waals surface area contributed by atoms with Crippen LogP contribution in [0, 0.1) is 0 Å². The molecule has 0 bridgehead atoms. The van der Waals surface area contributed by atoms with E-state index in [1.54, 1.807) is 19.9 Å². The van der Waals surface area contributed by atoms with Gasteiger partial charge in [0.1, 0.15) is 0 Å². The number of nitrogens with zero attached hydrogens (tertiary/aromatic N) is 1. The fourth-order valence-electron chi connectivity index (χ4n) is 1.65. The molecule has 0 aliphatic carbocycles. The Morgan fingerprint density at radius 1 is 1.25 bits per heavy atom. The van der Waals surface area contributed by atoms with E-state index < -0.39 is 5.60 Å². The van der Waals surface area contributed by atoms with Crippen molar-refractivity contribution in [3.05, 3.63) is 48.3 Å². The highest BCUT2D eigenvalue weighted by molar-refractivity contribution is 5.83. The summed E-state index contributed by atoms with van der Waals surface area (Å²) in [5.41, 5.74) is 0.947. The summed E-state index contributed by atoms with van der Waals surface area (Å²) in [6.45, 7) is 7.25. The van der Waals surface area contributed by atoms with Gasteiger partial charge < -0.3 is 5.11 Å². The van der Waals surface area contributed by atoms with Crippen LogP contribution in [-0.2, 0) is 5.60 Å². The molecule has 0 atom stereocenters. The van der Waals surface area contributed by atoms with Crippen molar-refractivity contribution in [1.29, 1.82) is 0 Å². The number of benzene rings is 1. The molecule has 2 aromatic rings. The van der Waals surface area contributed by atoms with Crippen LogP contribution in [0.25, 0.3) is 16.8 Å². The highest BCUT2D eigenvalue weighted by Crippen LogP contribution is 2.24. The van der Waals surface area contributed by atoms with Crippen molar-refractivity contribution in [3.63, 3.8) is 0 Å². The molecule has 1 aromatic carbocycles. The predicted molar refractivity (Wildman–Crippen MR) is 67.1 cm³/mol. The number of fused-ring (bicyclic) bond motifs is 1. The van der Waals surface area contributed by atoms with E-state index in [0.29, 0.717) is 0 Å². The van der Waals surface area contributed by atoms with Gasteiger partial charge in [-0.3, -0.25) is 4.98 Å². The normalized spacial score (nSPS) is 11.7. The molecule has 0 fully saturated rings. The number of aromatic nitrogens is 1. The summed E-state index contributed by atoms with van der Waals surface area (Å²) in [5.74, 6) is 0. The van der Waals surface area contributed by atoms with Gasteiger partial charge in [-0.2, -0.15) is 0 Å². The molecule has 2 nitrogen and oxygen atoms in total. The molecule has 1 N–H and O–H groups in total. The smallest absolute Gasteiger partial charge is 0.0840 e. The fourth-order valence-corrected chi connectivity index (χ4v) is 1.65. The maximum absolute atomic E-state index is 9.91. The van der Waals surface area contributed by atoms with Gasteiger partial charge in [-0.15, -0.1) is 0 Å². The molecule has 0 unspecified atom stereocenters. The maximum Gasteiger partial charge on any atom is 0.0840 e. The largest absolute Gasteiger partial charge is 0.386 e. The third-order valence-corrected chi connectivity index (χ3v) is 2.66. The quantitative estimate of drug-likeness (QED) is 0.831. The number of hydrogen-bond acceptors (Lipinski definition) is 2. The lowest BCUT2D eigenvalue weighted by Gasteiger charge is -2.18. The zero-order valence-corrected chi connectivity index (χ0v) is 9.57. The summed E-state index contributed by atoms with van der Waals surface area (Å²) in [6, 6.07) is 7.89. The maximum atomic E-state index is 9.91. The molecule has 2 rings (SSSR count). The molecule has 1 aromatic heterocycles. The third-order valence-electron chi connectivity index (χ3n) is 2.66. The van der Waals surface area contributed by atoms with Gasteiger partial charge in [-0.05, 0) is 43.0 Å². The van der Waals surface area contributed by atoms with Crippen molar-refractivity contribution in [2.45, 2.75) is 19.4 Å². The van der Waals surface area contributed by atoms with Crippen molar-refractivity contribution < 1.29 is 5.11 Å². The molecule has 16 heavy (non-hydrogen) atoms. The van der Waals surface area contributed by atoms with E-state index in [4.69, 9.17) is 0 Å². The first-order chi connectivity index (χ1) is 7.50. The van der Waals surface area contributed by atoms with E-state index in [2.05, 4.69) is 11.6 Å². The molecule has 0 radical (unpaired) electrons.